The zero-order valence-corrected chi connectivity index (χ0v) is 8.68. The minimum absolute atomic E-state index is 0. The molecule has 0 aliphatic heterocycles. The molecule has 13 heavy (non-hydrogen) atoms. The van der Waals surface area contributed by atoms with Crippen LogP contribution in [0.15, 0.2) is 27.6 Å². The van der Waals surface area contributed by atoms with Crippen molar-refractivity contribution in [1.29, 1.82) is 0 Å². The molecule has 68 valence electrons. The van der Waals surface area contributed by atoms with E-state index < -0.39 is 11.1 Å². The number of benzene rings is 1. The number of ether oxygens (including phenoxy) is 1. The van der Waals surface area contributed by atoms with Crippen LogP contribution in [0.3, 0.4) is 0 Å². The third kappa shape index (κ3) is 4.09. The van der Waals surface area contributed by atoms with Crippen molar-refractivity contribution in [3.63, 3.8) is 0 Å². The van der Waals surface area contributed by atoms with Crippen LogP contribution in [0, 0.1) is 0 Å². The Morgan fingerprint density at radius 3 is 2.54 bits per heavy atom. The number of hydrogen-bond donors (Lipinski definition) is 1. The van der Waals surface area contributed by atoms with E-state index in [4.69, 9.17) is 9.29 Å². The fourth-order valence-corrected chi connectivity index (χ4v) is 1.93. The summed E-state index contributed by atoms with van der Waals surface area (Å²) in [4.78, 5) is 0.343. The minimum atomic E-state index is -1.95. The van der Waals surface area contributed by atoms with Gasteiger partial charge in [0.1, 0.15) is 5.75 Å². The van der Waals surface area contributed by atoms with Crippen LogP contribution in [-0.2, 0) is 11.1 Å². The van der Waals surface area contributed by atoms with E-state index in [2.05, 4.69) is 15.9 Å². The van der Waals surface area contributed by atoms with E-state index in [1.807, 2.05) is 0 Å². The molecule has 1 unspecified atom stereocenters. The van der Waals surface area contributed by atoms with Crippen molar-refractivity contribution in [3.8, 4) is 5.75 Å². The third-order valence-electron chi connectivity index (χ3n) is 1.33. The van der Waals surface area contributed by atoms with Gasteiger partial charge in [-0.05, 0) is 34.1 Å². The van der Waals surface area contributed by atoms with Crippen LogP contribution >= 0.6 is 15.9 Å². The Morgan fingerprint density at radius 1 is 1.54 bits per heavy atom. The molecule has 1 N–H and O–H groups in total. The molecular weight excluding hydrogens is 283 g/mol. The second-order valence-corrected chi connectivity index (χ2v) is 3.84. The van der Waals surface area contributed by atoms with Gasteiger partial charge in [0.05, 0.1) is 12.0 Å². The third-order valence-corrected chi connectivity index (χ3v) is 2.98. The van der Waals surface area contributed by atoms with Gasteiger partial charge in [-0.2, -0.15) is 0 Å². The normalized spacial score (nSPS) is 11.6. The van der Waals surface area contributed by atoms with E-state index in [0.29, 0.717) is 15.1 Å². The predicted molar refractivity (Wildman–Crippen MR) is 56.9 cm³/mol. The fourth-order valence-electron chi connectivity index (χ4n) is 0.750. The molecule has 0 spiro atoms. The van der Waals surface area contributed by atoms with Crippen molar-refractivity contribution in [2.45, 2.75) is 4.90 Å². The van der Waals surface area contributed by atoms with Gasteiger partial charge in [-0.3, -0.25) is 0 Å². The van der Waals surface area contributed by atoms with Crippen LogP contribution in [0.5, 0.6) is 5.75 Å². The molecule has 1 aromatic carbocycles. The molecule has 0 fully saturated rings. The Balaban J connectivity index is 0.00000144. The van der Waals surface area contributed by atoms with E-state index in [0.717, 1.165) is 0 Å². The standard InChI is InChI=1S/C7H7BrO3S.K.H/c1-11-5-2-3-7(12(9)10)6(8)4-5;;/h2-4H,1H3,(H,9,10);;. The van der Waals surface area contributed by atoms with Gasteiger partial charge in [-0.15, -0.1) is 0 Å². The number of methoxy groups -OCH3 is 1. The van der Waals surface area contributed by atoms with Crippen LogP contribution in [0.2, 0.25) is 0 Å². The first-order valence-electron chi connectivity index (χ1n) is 3.09. The van der Waals surface area contributed by atoms with Crippen molar-refractivity contribution in [1.82, 2.24) is 0 Å². The zero-order chi connectivity index (χ0) is 9.14. The molecule has 0 bridgehead atoms. The number of rotatable bonds is 2. The van der Waals surface area contributed by atoms with Crippen LogP contribution in [0.25, 0.3) is 0 Å². The SMILES string of the molecule is COc1ccc(S(=O)O)c(Br)c1.[KH]. The Hall–Kier alpha value is 1.25. The molecule has 0 radical (unpaired) electrons. The van der Waals surface area contributed by atoms with E-state index in [1.165, 1.54) is 7.11 Å². The van der Waals surface area contributed by atoms with Crippen LogP contribution in [0.4, 0.5) is 0 Å². The first-order chi connectivity index (χ1) is 5.65. The molecule has 1 rings (SSSR count). The molecule has 3 nitrogen and oxygen atoms in total. The Bertz CT molecular complexity index is 319. The van der Waals surface area contributed by atoms with Gasteiger partial charge in [0, 0.05) is 4.47 Å². The van der Waals surface area contributed by atoms with Crippen molar-refractivity contribution in [2.75, 3.05) is 7.11 Å². The van der Waals surface area contributed by atoms with Crippen molar-refractivity contribution < 1.29 is 13.5 Å². The average Bonchev–Trinajstić information content (AvgIpc) is 2.03. The molecule has 0 aromatic heterocycles. The van der Waals surface area contributed by atoms with Crippen LogP contribution < -0.4 is 4.74 Å². The summed E-state index contributed by atoms with van der Waals surface area (Å²) in [7, 11) is 1.54. The number of hydrogen-bond acceptors (Lipinski definition) is 2. The van der Waals surface area contributed by atoms with Gasteiger partial charge in [0.25, 0.3) is 0 Å². The first kappa shape index (κ1) is 14.2. The summed E-state index contributed by atoms with van der Waals surface area (Å²) in [6.07, 6.45) is 0. The average molecular weight is 291 g/mol. The maximum atomic E-state index is 10.7. The molecule has 1 atom stereocenters. The van der Waals surface area contributed by atoms with E-state index in [-0.39, 0.29) is 51.4 Å². The van der Waals surface area contributed by atoms with Crippen LogP contribution in [-0.4, -0.2) is 67.3 Å². The summed E-state index contributed by atoms with van der Waals surface area (Å²) in [5, 5.41) is 0. The van der Waals surface area contributed by atoms with Gasteiger partial charge < -0.3 is 9.29 Å². The van der Waals surface area contributed by atoms with Crippen molar-refractivity contribution in [3.05, 3.63) is 22.7 Å². The van der Waals surface area contributed by atoms with Crippen molar-refractivity contribution >= 4 is 78.4 Å². The summed E-state index contributed by atoms with van der Waals surface area (Å²) in [5.41, 5.74) is 0. The van der Waals surface area contributed by atoms with Crippen LogP contribution in [0.1, 0.15) is 0 Å². The predicted octanol–water partition coefficient (Wildman–Crippen LogP) is 1.39. The van der Waals surface area contributed by atoms with E-state index >= 15 is 0 Å². The topological polar surface area (TPSA) is 46.5 Å². The molecule has 0 aliphatic rings. The molecule has 0 saturated carbocycles. The summed E-state index contributed by atoms with van der Waals surface area (Å²) >= 11 is 1.20. The fraction of sp³-hybridized carbons (Fsp3) is 0.143. The molecule has 0 aliphatic carbocycles. The van der Waals surface area contributed by atoms with Gasteiger partial charge in [-0.25, -0.2) is 4.21 Å². The summed E-state index contributed by atoms with van der Waals surface area (Å²) in [6.45, 7) is 0. The maximum absolute atomic E-state index is 10.7. The molecule has 6 heteroatoms. The molecular formula is C7H8BrKO3S. The van der Waals surface area contributed by atoms with Gasteiger partial charge in [-0.1, -0.05) is 0 Å². The van der Waals surface area contributed by atoms with Gasteiger partial charge in [0.2, 0.25) is 0 Å². The van der Waals surface area contributed by atoms with Gasteiger partial charge in [0.15, 0.2) is 11.1 Å². The van der Waals surface area contributed by atoms with Crippen molar-refractivity contribution in [2.24, 2.45) is 0 Å². The Labute approximate surface area is 130 Å². The summed E-state index contributed by atoms with van der Waals surface area (Å²) in [5.74, 6) is 0.649. The summed E-state index contributed by atoms with van der Waals surface area (Å²) in [6, 6.07) is 4.82. The van der Waals surface area contributed by atoms with E-state index in [1.54, 1.807) is 18.2 Å². The van der Waals surface area contributed by atoms with E-state index in [9.17, 15) is 4.21 Å². The van der Waals surface area contributed by atoms with Gasteiger partial charge >= 0.3 is 51.4 Å². The summed E-state index contributed by atoms with van der Waals surface area (Å²) < 4.78 is 24.9. The molecule has 1 aromatic rings. The molecule has 0 heterocycles. The molecule has 0 amide bonds. The zero-order valence-electron chi connectivity index (χ0n) is 6.28. The quantitative estimate of drug-likeness (QED) is 0.661. The number of halogens is 1. The monoisotopic (exact) mass is 290 g/mol. The first-order valence-corrected chi connectivity index (χ1v) is 4.99. The second kappa shape index (κ2) is 6.68. The Morgan fingerprint density at radius 2 is 2.15 bits per heavy atom. The Kier molecular flexibility index (Phi) is 7.32. The molecule has 0 saturated heterocycles. The second-order valence-electron chi connectivity index (χ2n) is 2.05.